The van der Waals surface area contributed by atoms with Gasteiger partial charge in [0.05, 0.1) is 16.1 Å². The minimum absolute atomic E-state index is 0.193. The first-order valence-corrected chi connectivity index (χ1v) is 8.23. The fourth-order valence-corrected chi connectivity index (χ4v) is 3.02. The van der Waals surface area contributed by atoms with Crippen LogP contribution >= 0.6 is 11.3 Å². The molecule has 0 aliphatic rings. The number of H-pyrrole nitrogens is 1. The van der Waals surface area contributed by atoms with E-state index in [2.05, 4.69) is 10.2 Å². The number of carbonyl (C=O) groups is 1. The first-order chi connectivity index (χ1) is 11.8. The van der Waals surface area contributed by atoms with E-state index in [4.69, 9.17) is 0 Å². The second kappa shape index (κ2) is 6.72. The molecule has 1 N–H and O–H groups in total. The fraction of sp³-hybridized carbons (Fsp3) is 0.176. The van der Waals surface area contributed by atoms with E-state index in [0.29, 0.717) is 5.56 Å². The van der Waals surface area contributed by atoms with Gasteiger partial charge in [0.25, 0.3) is 5.91 Å². The number of nitrogens with zero attached hydrogens (tertiary/aromatic N) is 2. The molecule has 0 bridgehead atoms. The van der Waals surface area contributed by atoms with E-state index >= 15 is 0 Å². The van der Waals surface area contributed by atoms with Crippen molar-refractivity contribution in [3.8, 4) is 10.6 Å². The van der Waals surface area contributed by atoms with E-state index in [9.17, 15) is 18.0 Å². The van der Waals surface area contributed by atoms with Gasteiger partial charge < -0.3 is 4.90 Å². The number of halogens is 3. The highest BCUT2D eigenvalue weighted by Crippen LogP contribution is 2.29. The van der Waals surface area contributed by atoms with Crippen LogP contribution in [0.25, 0.3) is 10.6 Å². The van der Waals surface area contributed by atoms with Crippen LogP contribution in [0.1, 0.15) is 21.6 Å². The van der Waals surface area contributed by atoms with E-state index in [1.807, 2.05) is 17.5 Å². The minimum atomic E-state index is -4.37. The lowest BCUT2D eigenvalue weighted by molar-refractivity contribution is -0.137. The van der Waals surface area contributed by atoms with Gasteiger partial charge in [-0.2, -0.15) is 18.3 Å². The van der Waals surface area contributed by atoms with Crippen molar-refractivity contribution in [1.82, 2.24) is 15.1 Å². The number of aromatic nitrogens is 2. The Kier molecular flexibility index (Phi) is 4.63. The molecular weight excluding hydrogens is 351 g/mol. The molecular formula is C17H14F3N3OS. The molecule has 0 spiro atoms. The average Bonchev–Trinajstić information content (AvgIpc) is 3.25. The van der Waals surface area contributed by atoms with Crippen LogP contribution in [-0.2, 0) is 12.7 Å². The minimum Gasteiger partial charge on any atom is -0.336 e. The summed E-state index contributed by atoms with van der Waals surface area (Å²) in [5.74, 6) is -0.307. The van der Waals surface area contributed by atoms with Crippen molar-refractivity contribution >= 4 is 17.2 Å². The zero-order valence-corrected chi connectivity index (χ0v) is 14.0. The van der Waals surface area contributed by atoms with Gasteiger partial charge in [-0.25, -0.2) is 0 Å². The Morgan fingerprint density at radius 3 is 2.56 bits per heavy atom. The molecule has 0 radical (unpaired) electrons. The van der Waals surface area contributed by atoms with Crippen LogP contribution in [0.2, 0.25) is 0 Å². The summed E-state index contributed by atoms with van der Waals surface area (Å²) in [6.07, 6.45) is -4.37. The van der Waals surface area contributed by atoms with E-state index in [1.165, 1.54) is 28.4 Å². The van der Waals surface area contributed by atoms with Gasteiger partial charge in [0, 0.05) is 13.6 Å². The fourth-order valence-electron chi connectivity index (χ4n) is 2.33. The Bertz CT molecular complexity index is 854. The van der Waals surface area contributed by atoms with E-state index in [-0.39, 0.29) is 18.1 Å². The van der Waals surface area contributed by atoms with E-state index in [0.717, 1.165) is 22.7 Å². The number of benzene rings is 1. The zero-order chi connectivity index (χ0) is 18.0. The van der Waals surface area contributed by atoms with Crippen molar-refractivity contribution in [3.05, 3.63) is 64.7 Å². The quantitative estimate of drug-likeness (QED) is 0.744. The molecule has 2 aromatic heterocycles. The number of rotatable bonds is 4. The summed E-state index contributed by atoms with van der Waals surface area (Å²) in [6, 6.07) is 10.2. The molecule has 3 rings (SSSR count). The largest absolute Gasteiger partial charge is 0.416 e. The van der Waals surface area contributed by atoms with Gasteiger partial charge in [-0.3, -0.25) is 9.89 Å². The van der Waals surface area contributed by atoms with Gasteiger partial charge in [0.1, 0.15) is 0 Å². The molecule has 0 fully saturated rings. The summed E-state index contributed by atoms with van der Waals surface area (Å²) < 4.78 is 37.7. The Morgan fingerprint density at radius 2 is 1.96 bits per heavy atom. The van der Waals surface area contributed by atoms with Crippen molar-refractivity contribution < 1.29 is 18.0 Å². The van der Waals surface area contributed by atoms with Crippen LogP contribution < -0.4 is 0 Å². The number of amides is 1. The van der Waals surface area contributed by atoms with Gasteiger partial charge in [0.2, 0.25) is 0 Å². The van der Waals surface area contributed by atoms with E-state index in [1.54, 1.807) is 13.1 Å². The molecule has 2 heterocycles. The van der Waals surface area contributed by atoms with Crippen molar-refractivity contribution in [2.24, 2.45) is 0 Å². The van der Waals surface area contributed by atoms with Crippen LogP contribution in [0.3, 0.4) is 0 Å². The molecule has 0 saturated carbocycles. The second-order valence-corrected chi connectivity index (χ2v) is 6.45. The van der Waals surface area contributed by atoms with Crippen LogP contribution in [0.5, 0.6) is 0 Å². The van der Waals surface area contributed by atoms with Crippen molar-refractivity contribution in [3.63, 3.8) is 0 Å². The average molecular weight is 365 g/mol. The lowest BCUT2D eigenvalue weighted by atomic mass is 10.1. The Hall–Kier alpha value is -2.61. The van der Waals surface area contributed by atoms with Crippen molar-refractivity contribution in [1.29, 1.82) is 0 Å². The number of nitrogens with one attached hydrogen (secondary N) is 1. The number of hydrogen-bond donors (Lipinski definition) is 1. The number of alkyl halides is 3. The van der Waals surface area contributed by atoms with Crippen molar-refractivity contribution in [2.45, 2.75) is 12.7 Å². The summed E-state index contributed by atoms with van der Waals surface area (Å²) in [7, 11) is 1.58. The summed E-state index contributed by atoms with van der Waals surface area (Å²) in [4.78, 5) is 14.8. The smallest absolute Gasteiger partial charge is 0.336 e. The summed E-state index contributed by atoms with van der Waals surface area (Å²) >= 11 is 1.53. The number of hydrogen-bond acceptors (Lipinski definition) is 3. The SMILES string of the molecule is CN(Cc1ccc(C(F)(F)F)cc1)C(=O)c1cc(-c2cccs2)[nH]n1. The first kappa shape index (κ1) is 17.2. The predicted molar refractivity (Wildman–Crippen MR) is 89.1 cm³/mol. The molecule has 1 aromatic carbocycles. The molecule has 8 heteroatoms. The van der Waals surface area contributed by atoms with Gasteiger partial charge in [-0.05, 0) is 35.2 Å². The summed E-state index contributed by atoms with van der Waals surface area (Å²) in [6.45, 7) is 0.193. The maximum Gasteiger partial charge on any atom is 0.416 e. The summed E-state index contributed by atoms with van der Waals surface area (Å²) in [5, 5.41) is 8.77. The topological polar surface area (TPSA) is 49.0 Å². The van der Waals surface area contributed by atoms with Crippen molar-refractivity contribution in [2.75, 3.05) is 7.05 Å². The highest BCUT2D eigenvalue weighted by Gasteiger charge is 2.30. The third-order valence-electron chi connectivity index (χ3n) is 3.63. The molecule has 0 saturated heterocycles. The molecule has 25 heavy (non-hydrogen) atoms. The molecule has 0 aliphatic carbocycles. The second-order valence-electron chi connectivity index (χ2n) is 5.50. The third kappa shape index (κ3) is 3.90. The molecule has 130 valence electrons. The normalized spacial score (nSPS) is 11.5. The molecule has 0 unspecified atom stereocenters. The maximum atomic E-state index is 12.6. The van der Waals surface area contributed by atoms with Gasteiger partial charge >= 0.3 is 6.18 Å². The highest BCUT2D eigenvalue weighted by molar-refractivity contribution is 7.13. The summed E-state index contributed by atoms with van der Waals surface area (Å²) in [5.41, 5.74) is 0.912. The van der Waals surface area contributed by atoms with Crippen LogP contribution in [0.4, 0.5) is 13.2 Å². The Balaban J connectivity index is 1.69. The number of carbonyl (C=O) groups excluding carboxylic acids is 1. The lowest BCUT2D eigenvalue weighted by Crippen LogP contribution is -2.26. The van der Waals surface area contributed by atoms with Crippen LogP contribution in [-0.4, -0.2) is 28.1 Å². The maximum absolute atomic E-state index is 12.6. The van der Waals surface area contributed by atoms with Gasteiger partial charge in [-0.15, -0.1) is 11.3 Å². The monoisotopic (exact) mass is 365 g/mol. The molecule has 3 aromatic rings. The molecule has 4 nitrogen and oxygen atoms in total. The first-order valence-electron chi connectivity index (χ1n) is 7.35. The number of aromatic amines is 1. The molecule has 1 amide bonds. The highest BCUT2D eigenvalue weighted by atomic mass is 32.1. The zero-order valence-electron chi connectivity index (χ0n) is 13.2. The standard InChI is InChI=1S/C17H14F3N3OS/c1-23(10-11-4-6-12(7-5-11)17(18,19)20)16(24)14-9-13(21-22-14)15-3-2-8-25-15/h2-9H,10H2,1H3,(H,21,22). The van der Waals surface area contributed by atoms with Gasteiger partial charge in [-0.1, -0.05) is 18.2 Å². The Morgan fingerprint density at radius 1 is 1.24 bits per heavy atom. The Labute approximate surface area is 145 Å². The van der Waals surface area contributed by atoms with Crippen LogP contribution in [0.15, 0.2) is 47.8 Å². The van der Waals surface area contributed by atoms with E-state index < -0.39 is 11.7 Å². The van der Waals surface area contributed by atoms with Crippen LogP contribution in [0, 0.1) is 0 Å². The molecule has 0 atom stereocenters. The van der Waals surface area contributed by atoms with Gasteiger partial charge in [0.15, 0.2) is 5.69 Å². The molecule has 0 aliphatic heterocycles. The number of thiophene rings is 1. The lowest BCUT2D eigenvalue weighted by Gasteiger charge is -2.16. The third-order valence-corrected chi connectivity index (χ3v) is 4.53. The predicted octanol–water partition coefficient (Wildman–Crippen LogP) is 4.43.